The lowest BCUT2D eigenvalue weighted by Gasteiger charge is -2.02. The maximum atomic E-state index is 12.9. The van der Waals surface area contributed by atoms with Crippen LogP contribution in [0.3, 0.4) is 0 Å². The normalized spacial score (nSPS) is 10.9. The number of hydrogen-bond acceptors (Lipinski definition) is 3. The van der Waals surface area contributed by atoms with Crippen molar-refractivity contribution in [1.29, 1.82) is 0 Å². The quantitative estimate of drug-likeness (QED) is 0.879. The monoisotopic (exact) mass is 240 g/mol. The van der Waals surface area contributed by atoms with E-state index in [1.54, 1.807) is 18.2 Å². The van der Waals surface area contributed by atoms with Gasteiger partial charge in [0, 0.05) is 12.7 Å². The molecule has 16 heavy (non-hydrogen) atoms. The van der Waals surface area contributed by atoms with Crippen LogP contribution >= 0.6 is 11.8 Å². The second-order valence-electron chi connectivity index (χ2n) is 3.21. The highest BCUT2D eigenvalue weighted by Gasteiger charge is 1.99. The molecule has 0 fully saturated rings. The third-order valence-corrected chi connectivity index (χ3v) is 2.72. The third-order valence-electron chi connectivity index (χ3n) is 1.96. The largest absolute Gasteiger partial charge is 0.392 e. The number of benzene rings is 1. The van der Waals surface area contributed by atoms with Gasteiger partial charge in [-0.05, 0) is 23.3 Å². The number of rotatable bonds is 4. The molecule has 0 aliphatic carbocycles. The first-order chi connectivity index (χ1) is 7.63. The Balaban J connectivity index is 2.71. The molecule has 0 amide bonds. The zero-order valence-corrected chi connectivity index (χ0v) is 9.76. The molecule has 0 aliphatic rings. The minimum absolute atomic E-state index is 0.0475. The number of carbonyl (C=O) groups is 1. The Morgan fingerprint density at radius 3 is 2.94 bits per heavy atom. The van der Waals surface area contributed by atoms with E-state index >= 15 is 0 Å². The van der Waals surface area contributed by atoms with Gasteiger partial charge in [0.1, 0.15) is 5.82 Å². The molecule has 0 aliphatic heterocycles. The molecular weight excluding hydrogens is 227 g/mol. The van der Waals surface area contributed by atoms with Crippen LogP contribution in [0.15, 0.2) is 24.3 Å². The first-order valence-corrected chi connectivity index (χ1v) is 5.81. The van der Waals surface area contributed by atoms with Crippen molar-refractivity contribution in [2.45, 2.75) is 13.5 Å². The van der Waals surface area contributed by atoms with Crippen LogP contribution in [0.2, 0.25) is 0 Å². The molecule has 0 atom stereocenters. The highest BCUT2D eigenvalue weighted by atomic mass is 32.2. The summed E-state index contributed by atoms with van der Waals surface area (Å²) in [6.45, 7) is 1.37. The lowest BCUT2D eigenvalue weighted by atomic mass is 10.1. The summed E-state index contributed by atoms with van der Waals surface area (Å²) in [5.74, 6) is 0.215. The minimum atomic E-state index is -0.337. The van der Waals surface area contributed by atoms with Crippen LogP contribution in [-0.4, -0.2) is 16.0 Å². The Bertz CT molecular complexity index is 402. The highest BCUT2D eigenvalue weighted by Crippen LogP contribution is 2.14. The maximum Gasteiger partial charge on any atom is 0.186 e. The van der Waals surface area contributed by atoms with Crippen LogP contribution in [0.4, 0.5) is 4.39 Å². The number of carbonyl (C=O) groups excluding carboxylic acids is 1. The van der Waals surface area contributed by atoms with Crippen molar-refractivity contribution in [3.05, 3.63) is 41.2 Å². The Morgan fingerprint density at radius 2 is 2.31 bits per heavy atom. The molecule has 2 nitrogen and oxygen atoms in total. The van der Waals surface area contributed by atoms with Crippen molar-refractivity contribution < 1.29 is 14.3 Å². The van der Waals surface area contributed by atoms with Crippen molar-refractivity contribution in [3.63, 3.8) is 0 Å². The molecule has 0 heterocycles. The second kappa shape index (κ2) is 6.45. The molecule has 1 aromatic carbocycles. The van der Waals surface area contributed by atoms with Crippen LogP contribution in [-0.2, 0) is 11.4 Å². The first-order valence-electron chi connectivity index (χ1n) is 4.82. The summed E-state index contributed by atoms with van der Waals surface area (Å²) in [5, 5.41) is 9.09. The van der Waals surface area contributed by atoms with Crippen molar-refractivity contribution >= 4 is 23.0 Å². The van der Waals surface area contributed by atoms with Gasteiger partial charge in [0.25, 0.3) is 0 Å². The van der Waals surface area contributed by atoms with E-state index in [9.17, 15) is 9.18 Å². The average Bonchev–Trinajstić information content (AvgIpc) is 2.24. The molecule has 0 aromatic heterocycles. The van der Waals surface area contributed by atoms with Crippen LogP contribution in [0.5, 0.6) is 0 Å². The Labute approximate surface area is 98.2 Å². The van der Waals surface area contributed by atoms with E-state index in [-0.39, 0.29) is 17.5 Å². The molecule has 4 heteroatoms. The fraction of sp³-hybridized carbons (Fsp3) is 0.250. The lowest BCUT2D eigenvalue weighted by molar-refractivity contribution is -0.109. The van der Waals surface area contributed by atoms with E-state index in [4.69, 9.17) is 5.11 Å². The first kappa shape index (κ1) is 12.9. The summed E-state index contributed by atoms with van der Waals surface area (Å²) in [6.07, 6.45) is 3.49. The van der Waals surface area contributed by atoms with E-state index in [0.29, 0.717) is 16.9 Å². The van der Waals surface area contributed by atoms with E-state index in [1.807, 2.05) is 0 Å². The summed E-state index contributed by atoms with van der Waals surface area (Å²) in [7, 11) is 0. The van der Waals surface area contributed by atoms with Crippen LogP contribution in [0.25, 0.3) is 6.08 Å². The number of halogens is 1. The van der Waals surface area contributed by atoms with E-state index < -0.39 is 0 Å². The van der Waals surface area contributed by atoms with Crippen LogP contribution < -0.4 is 0 Å². The molecule has 86 valence electrons. The predicted molar refractivity (Wildman–Crippen MR) is 64.5 cm³/mol. The zero-order chi connectivity index (χ0) is 12.0. The van der Waals surface area contributed by atoms with Gasteiger partial charge in [-0.25, -0.2) is 4.39 Å². The Morgan fingerprint density at radius 1 is 1.56 bits per heavy atom. The molecule has 0 radical (unpaired) electrons. The van der Waals surface area contributed by atoms with Crippen molar-refractivity contribution in [3.8, 4) is 0 Å². The summed E-state index contributed by atoms with van der Waals surface area (Å²) >= 11 is 1.19. The van der Waals surface area contributed by atoms with E-state index in [0.717, 1.165) is 0 Å². The second-order valence-corrected chi connectivity index (χ2v) is 4.40. The summed E-state index contributed by atoms with van der Waals surface area (Å²) in [4.78, 5) is 10.7. The van der Waals surface area contributed by atoms with Gasteiger partial charge < -0.3 is 5.11 Å². The fourth-order valence-corrected chi connectivity index (χ4v) is 1.63. The van der Waals surface area contributed by atoms with Gasteiger partial charge in [-0.15, -0.1) is 0 Å². The topological polar surface area (TPSA) is 37.3 Å². The molecular formula is C12H13FO2S. The molecule has 0 spiro atoms. The van der Waals surface area contributed by atoms with Gasteiger partial charge in [0.15, 0.2) is 5.12 Å². The molecule has 1 rings (SSSR count). The lowest BCUT2D eigenvalue weighted by Crippen LogP contribution is -1.90. The van der Waals surface area contributed by atoms with Crippen molar-refractivity contribution in [2.75, 3.05) is 5.75 Å². The average molecular weight is 240 g/mol. The fourth-order valence-electron chi connectivity index (χ4n) is 1.21. The van der Waals surface area contributed by atoms with Gasteiger partial charge in [0.05, 0.1) is 6.61 Å². The predicted octanol–water partition coefficient (Wildman–Crippen LogP) is 2.61. The van der Waals surface area contributed by atoms with Crippen LogP contribution in [0, 0.1) is 5.82 Å². The number of thioether (sulfide) groups is 1. The number of hydrogen-bond donors (Lipinski definition) is 1. The summed E-state index contributed by atoms with van der Waals surface area (Å²) in [6, 6.07) is 4.22. The van der Waals surface area contributed by atoms with Gasteiger partial charge in [-0.2, -0.15) is 0 Å². The molecule has 0 bridgehead atoms. The third kappa shape index (κ3) is 4.16. The summed E-state index contributed by atoms with van der Waals surface area (Å²) < 4.78 is 12.9. The van der Waals surface area contributed by atoms with Crippen molar-refractivity contribution in [1.82, 2.24) is 0 Å². The minimum Gasteiger partial charge on any atom is -0.392 e. The summed E-state index contributed by atoms with van der Waals surface area (Å²) in [5.41, 5.74) is 1.32. The SMILES string of the molecule is CC(=O)SCC=Cc1cc(F)ccc1CO. The van der Waals surface area contributed by atoms with Crippen LogP contribution in [0.1, 0.15) is 18.1 Å². The Hall–Kier alpha value is -1.13. The van der Waals surface area contributed by atoms with Crippen molar-refractivity contribution in [2.24, 2.45) is 0 Å². The maximum absolute atomic E-state index is 12.9. The molecule has 0 unspecified atom stereocenters. The Kier molecular flexibility index (Phi) is 5.22. The highest BCUT2D eigenvalue weighted by molar-refractivity contribution is 8.13. The van der Waals surface area contributed by atoms with E-state index in [2.05, 4.69) is 0 Å². The van der Waals surface area contributed by atoms with Gasteiger partial charge in [-0.1, -0.05) is 30.0 Å². The van der Waals surface area contributed by atoms with E-state index in [1.165, 1.54) is 30.8 Å². The number of aliphatic hydroxyl groups is 1. The smallest absolute Gasteiger partial charge is 0.186 e. The standard InChI is InChI=1S/C12H13FO2S/c1-9(15)16-6-2-3-10-7-12(13)5-4-11(10)8-14/h2-5,7,14H,6,8H2,1H3. The molecule has 0 saturated heterocycles. The molecule has 1 N–H and O–H groups in total. The van der Waals surface area contributed by atoms with Gasteiger partial charge in [-0.3, -0.25) is 4.79 Å². The number of aliphatic hydroxyl groups excluding tert-OH is 1. The molecule has 0 saturated carbocycles. The van der Waals surface area contributed by atoms with Gasteiger partial charge >= 0.3 is 0 Å². The zero-order valence-electron chi connectivity index (χ0n) is 8.94. The van der Waals surface area contributed by atoms with Gasteiger partial charge in [0.2, 0.25) is 0 Å². The molecule has 1 aromatic rings.